The molecule has 0 rings (SSSR count). The van der Waals surface area contributed by atoms with Crippen molar-refractivity contribution >= 4 is 19.8 Å². The van der Waals surface area contributed by atoms with E-state index in [0.717, 1.165) is 89.9 Å². The maximum Gasteiger partial charge on any atom is 0.306 e. The van der Waals surface area contributed by atoms with Gasteiger partial charge in [0.25, 0.3) is 7.82 Å². The Kier molecular flexibility index (Phi) is 34.0. The first-order valence-electron chi connectivity index (χ1n) is 20.3. The highest BCUT2D eigenvalue weighted by Gasteiger charge is 2.21. The first kappa shape index (κ1) is 51.2. The number of carbonyl (C=O) groups excluding carboxylic acids is 2. The fourth-order valence-corrected chi connectivity index (χ4v) is 5.50. The average molecular weight is 776 g/mol. The minimum atomic E-state index is -4.64. The summed E-state index contributed by atoms with van der Waals surface area (Å²) in [4.78, 5) is 37.4. The molecule has 0 heterocycles. The topological polar surface area (TPSA) is 111 Å². The number of phosphoric acid groups is 1. The third-order valence-electron chi connectivity index (χ3n) is 7.91. The number of phosphoric ester groups is 1. The van der Waals surface area contributed by atoms with Gasteiger partial charge in [-0.3, -0.25) is 14.2 Å². The van der Waals surface area contributed by atoms with Gasteiger partial charge in [0.2, 0.25) is 0 Å². The van der Waals surface area contributed by atoms with E-state index >= 15 is 0 Å². The SMILES string of the molecule is CC/C=C\C/C=C\C/C=C\C/C=C\CCCCC(=O)OC[C@H](COP(=O)([O-])OCC[N+](C)(C)C)OC(=O)CCCCCCC/C=C\C/C=C\C/C=C\CC. The molecule has 0 aliphatic heterocycles. The average Bonchev–Trinajstić information content (AvgIpc) is 3.12. The third-order valence-corrected chi connectivity index (χ3v) is 8.87. The molecule has 0 aromatic carbocycles. The van der Waals surface area contributed by atoms with E-state index in [0.29, 0.717) is 23.9 Å². The smallest absolute Gasteiger partial charge is 0.306 e. The molecule has 0 fully saturated rings. The number of quaternary nitrogens is 1. The highest BCUT2D eigenvalue weighted by atomic mass is 31.2. The van der Waals surface area contributed by atoms with E-state index in [2.05, 4.69) is 98.9 Å². The largest absolute Gasteiger partial charge is 0.756 e. The molecule has 10 heteroatoms. The minimum absolute atomic E-state index is 0.0462. The molecule has 9 nitrogen and oxygen atoms in total. The number of hydrogen-bond donors (Lipinski definition) is 0. The van der Waals surface area contributed by atoms with Crippen LogP contribution in [-0.2, 0) is 32.7 Å². The van der Waals surface area contributed by atoms with E-state index < -0.39 is 32.5 Å². The second-order valence-electron chi connectivity index (χ2n) is 14.2. The van der Waals surface area contributed by atoms with Gasteiger partial charge < -0.3 is 27.9 Å². The Labute approximate surface area is 329 Å². The van der Waals surface area contributed by atoms with Gasteiger partial charge in [-0.1, -0.05) is 118 Å². The summed E-state index contributed by atoms with van der Waals surface area (Å²) in [6.45, 7) is 3.89. The van der Waals surface area contributed by atoms with Crippen molar-refractivity contribution in [1.29, 1.82) is 0 Å². The zero-order valence-corrected chi connectivity index (χ0v) is 35.3. The van der Waals surface area contributed by atoms with Crippen molar-refractivity contribution in [3.8, 4) is 0 Å². The molecule has 0 aromatic heterocycles. The standard InChI is InChI=1S/C44H74NO8P/c1-6-8-10-12-14-16-18-20-22-24-26-28-30-32-34-36-43(46)50-40-42(41-52-54(48,49)51-39-38-45(3,4)5)53-44(47)37-35-33-31-29-27-25-23-21-19-17-15-13-11-9-7-2/h8-11,14-17,20-23,26,28,42H,6-7,12-13,18-19,24-25,27,29-41H2,1-5H3/b10-8-,11-9-,16-14-,17-15-,22-20-,23-21-,28-26-/t42-/m1/s1. The maximum absolute atomic E-state index is 12.6. The summed E-state index contributed by atoms with van der Waals surface area (Å²) in [5.41, 5.74) is 0. The van der Waals surface area contributed by atoms with Crippen LogP contribution in [0.1, 0.15) is 129 Å². The predicted molar refractivity (Wildman–Crippen MR) is 222 cm³/mol. The number of nitrogens with zero attached hydrogens (tertiary/aromatic N) is 1. The van der Waals surface area contributed by atoms with E-state index in [1.54, 1.807) is 0 Å². The zero-order chi connectivity index (χ0) is 40.0. The molecule has 0 amide bonds. The van der Waals surface area contributed by atoms with E-state index in [1.165, 1.54) is 0 Å². The Morgan fingerprint density at radius 1 is 0.574 bits per heavy atom. The van der Waals surface area contributed by atoms with Crippen molar-refractivity contribution in [3.05, 3.63) is 85.1 Å². The Morgan fingerprint density at radius 3 is 1.52 bits per heavy atom. The van der Waals surface area contributed by atoms with Crippen molar-refractivity contribution in [2.24, 2.45) is 0 Å². The second-order valence-corrected chi connectivity index (χ2v) is 15.6. The van der Waals surface area contributed by atoms with Gasteiger partial charge in [-0.15, -0.1) is 0 Å². The number of esters is 2. The van der Waals surface area contributed by atoms with Crippen molar-refractivity contribution in [2.45, 2.75) is 136 Å². The number of hydrogen-bond acceptors (Lipinski definition) is 8. The summed E-state index contributed by atoms with van der Waals surface area (Å²) in [6, 6.07) is 0. The van der Waals surface area contributed by atoms with E-state index in [9.17, 15) is 19.0 Å². The normalized spacial score (nSPS) is 14.6. The summed E-state index contributed by atoms with van der Waals surface area (Å²) in [6.07, 6.45) is 44.7. The third kappa shape index (κ3) is 38.9. The molecule has 308 valence electrons. The first-order chi connectivity index (χ1) is 26.0. The van der Waals surface area contributed by atoms with E-state index in [1.807, 2.05) is 21.1 Å². The fraction of sp³-hybridized carbons (Fsp3) is 0.636. The van der Waals surface area contributed by atoms with Gasteiger partial charge in [-0.2, -0.15) is 0 Å². The van der Waals surface area contributed by atoms with Gasteiger partial charge in [-0.25, -0.2) is 0 Å². The van der Waals surface area contributed by atoms with Crippen molar-refractivity contribution in [2.75, 3.05) is 47.5 Å². The van der Waals surface area contributed by atoms with Crippen molar-refractivity contribution < 1.29 is 42.1 Å². The Balaban J connectivity index is 4.53. The van der Waals surface area contributed by atoms with Crippen LogP contribution in [-0.4, -0.2) is 70.0 Å². The Bertz CT molecular complexity index is 1200. The fourth-order valence-electron chi connectivity index (χ4n) is 4.77. The van der Waals surface area contributed by atoms with E-state index in [-0.39, 0.29) is 26.1 Å². The van der Waals surface area contributed by atoms with Crippen LogP contribution in [0.5, 0.6) is 0 Å². The Morgan fingerprint density at radius 2 is 1.00 bits per heavy atom. The molecule has 0 bridgehead atoms. The number of rotatable bonds is 35. The minimum Gasteiger partial charge on any atom is -0.756 e. The highest BCUT2D eigenvalue weighted by molar-refractivity contribution is 7.45. The summed E-state index contributed by atoms with van der Waals surface area (Å²) in [5, 5.41) is 0. The van der Waals surface area contributed by atoms with Gasteiger partial charge in [0.15, 0.2) is 6.10 Å². The molecule has 0 spiro atoms. The molecule has 54 heavy (non-hydrogen) atoms. The number of likely N-dealkylation sites (N-methyl/N-ethyl adjacent to an activating group) is 1. The van der Waals surface area contributed by atoms with Crippen LogP contribution >= 0.6 is 7.82 Å². The number of allylic oxidation sites excluding steroid dienone is 14. The molecule has 0 saturated carbocycles. The summed E-state index contributed by atoms with van der Waals surface area (Å²) < 4.78 is 33.7. The molecule has 0 aromatic rings. The number of ether oxygens (including phenoxy) is 2. The molecule has 1 unspecified atom stereocenters. The van der Waals surface area contributed by atoms with E-state index in [4.69, 9.17) is 18.5 Å². The lowest BCUT2D eigenvalue weighted by atomic mass is 10.1. The van der Waals surface area contributed by atoms with Crippen LogP contribution in [0, 0.1) is 0 Å². The van der Waals surface area contributed by atoms with Crippen LogP contribution in [0.3, 0.4) is 0 Å². The highest BCUT2D eigenvalue weighted by Crippen LogP contribution is 2.38. The molecule has 0 saturated heterocycles. The molecular weight excluding hydrogens is 701 g/mol. The lowest BCUT2D eigenvalue weighted by Crippen LogP contribution is -2.37. The quantitative estimate of drug-likeness (QED) is 0.0206. The van der Waals surface area contributed by atoms with Crippen LogP contribution in [0.4, 0.5) is 0 Å². The molecule has 2 atom stereocenters. The summed E-state index contributed by atoms with van der Waals surface area (Å²) in [7, 11) is 1.11. The molecule has 0 aliphatic carbocycles. The second kappa shape index (κ2) is 35.9. The van der Waals surface area contributed by atoms with Crippen molar-refractivity contribution in [3.63, 3.8) is 0 Å². The van der Waals surface area contributed by atoms with Crippen LogP contribution in [0.15, 0.2) is 85.1 Å². The van der Waals surface area contributed by atoms with Crippen LogP contribution < -0.4 is 4.89 Å². The van der Waals surface area contributed by atoms with Crippen LogP contribution in [0.25, 0.3) is 0 Å². The molecular formula is C44H74NO8P. The van der Waals surface area contributed by atoms with Crippen LogP contribution in [0.2, 0.25) is 0 Å². The Hall–Kier alpha value is -2.81. The van der Waals surface area contributed by atoms with Gasteiger partial charge in [0.1, 0.15) is 19.8 Å². The first-order valence-corrected chi connectivity index (χ1v) is 21.8. The monoisotopic (exact) mass is 776 g/mol. The summed E-state index contributed by atoms with van der Waals surface area (Å²) in [5.74, 6) is -0.915. The predicted octanol–water partition coefficient (Wildman–Crippen LogP) is 10.6. The maximum atomic E-state index is 12.6. The van der Waals surface area contributed by atoms with Gasteiger partial charge in [-0.05, 0) is 83.5 Å². The lowest BCUT2D eigenvalue weighted by Gasteiger charge is -2.28. The van der Waals surface area contributed by atoms with Gasteiger partial charge in [0, 0.05) is 12.8 Å². The number of unbranched alkanes of at least 4 members (excludes halogenated alkanes) is 7. The van der Waals surface area contributed by atoms with Gasteiger partial charge >= 0.3 is 11.9 Å². The van der Waals surface area contributed by atoms with Gasteiger partial charge in [0.05, 0.1) is 27.7 Å². The molecule has 0 aliphatic rings. The molecule has 0 radical (unpaired) electrons. The summed E-state index contributed by atoms with van der Waals surface area (Å²) >= 11 is 0. The molecule has 0 N–H and O–H groups in total. The van der Waals surface area contributed by atoms with Crippen molar-refractivity contribution in [1.82, 2.24) is 0 Å². The lowest BCUT2D eigenvalue weighted by molar-refractivity contribution is -0.870. The number of carbonyl (C=O) groups is 2. The zero-order valence-electron chi connectivity index (χ0n) is 34.4.